The van der Waals surface area contributed by atoms with E-state index in [1.54, 1.807) is 37.0 Å². The first-order chi connectivity index (χ1) is 13.8. The molecule has 3 aromatic heterocycles. The Kier molecular flexibility index (Phi) is 5.53. The number of methoxy groups -OCH3 is 1. The predicted molar refractivity (Wildman–Crippen MR) is 112 cm³/mol. The lowest BCUT2D eigenvalue weighted by molar-refractivity contribution is 0.414. The van der Waals surface area contributed by atoms with Gasteiger partial charge in [0.05, 0.1) is 29.6 Å². The number of hydrogen-bond donors (Lipinski definition) is 1. The van der Waals surface area contributed by atoms with Gasteiger partial charge in [0.15, 0.2) is 0 Å². The number of anilines is 1. The molecular formula is C21H19N5OS. The topological polar surface area (TPSA) is 72.8 Å². The number of aromatic nitrogens is 4. The molecule has 0 atom stereocenters. The molecule has 0 bridgehead atoms. The minimum absolute atomic E-state index is 0.601. The zero-order chi connectivity index (χ0) is 19.2. The van der Waals surface area contributed by atoms with Crippen molar-refractivity contribution in [3.05, 3.63) is 72.1 Å². The van der Waals surface area contributed by atoms with Gasteiger partial charge < -0.3 is 10.1 Å². The van der Waals surface area contributed by atoms with E-state index in [1.165, 1.54) is 5.56 Å². The molecule has 0 fully saturated rings. The zero-order valence-electron chi connectivity index (χ0n) is 15.4. The fourth-order valence-electron chi connectivity index (χ4n) is 2.80. The van der Waals surface area contributed by atoms with Gasteiger partial charge >= 0.3 is 0 Å². The molecule has 28 heavy (non-hydrogen) atoms. The van der Waals surface area contributed by atoms with Gasteiger partial charge in [-0.05, 0) is 35.6 Å². The van der Waals surface area contributed by atoms with Crippen LogP contribution in [0.4, 0.5) is 5.95 Å². The Bertz CT molecular complexity index is 1020. The second-order valence-corrected chi connectivity index (χ2v) is 7.00. The summed E-state index contributed by atoms with van der Waals surface area (Å²) in [6.45, 7) is 0.737. The standard InChI is InChI=1S/C21H19N5OS/c1-27-16-6-4-15(5-7-16)8-9-24-21-25-13-17(18-14-22-10-11-23-18)20(26-21)19-3-2-12-28-19/h2-7,10-14H,8-9H2,1H3,(H,24,25,26). The third kappa shape index (κ3) is 4.15. The average Bonchev–Trinajstić information content (AvgIpc) is 3.30. The molecule has 0 aliphatic heterocycles. The first kappa shape index (κ1) is 18.1. The van der Waals surface area contributed by atoms with Gasteiger partial charge in [-0.15, -0.1) is 11.3 Å². The highest BCUT2D eigenvalue weighted by molar-refractivity contribution is 7.13. The molecule has 0 saturated carbocycles. The van der Waals surface area contributed by atoms with Crippen molar-refractivity contribution in [2.24, 2.45) is 0 Å². The Morgan fingerprint density at radius 1 is 1.04 bits per heavy atom. The highest BCUT2D eigenvalue weighted by Crippen LogP contribution is 2.32. The van der Waals surface area contributed by atoms with E-state index in [-0.39, 0.29) is 0 Å². The van der Waals surface area contributed by atoms with Crippen LogP contribution in [0.25, 0.3) is 21.8 Å². The number of rotatable bonds is 7. The Balaban J connectivity index is 1.52. The van der Waals surface area contributed by atoms with E-state index < -0.39 is 0 Å². The van der Waals surface area contributed by atoms with Gasteiger partial charge in [0, 0.05) is 30.7 Å². The smallest absolute Gasteiger partial charge is 0.223 e. The SMILES string of the molecule is COc1ccc(CCNc2ncc(-c3cnccn3)c(-c3cccs3)n2)cc1. The highest BCUT2D eigenvalue weighted by atomic mass is 32.1. The summed E-state index contributed by atoms with van der Waals surface area (Å²) in [7, 11) is 1.67. The lowest BCUT2D eigenvalue weighted by Gasteiger charge is -2.10. The summed E-state index contributed by atoms with van der Waals surface area (Å²) in [5.41, 5.74) is 3.72. The molecule has 6 nitrogen and oxygen atoms in total. The quantitative estimate of drug-likeness (QED) is 0.507. The second-order valence-electron chi connectivity index (χ2n) is 6.05. The second kappa shape index (κ2) is 8.58. The van der Waals surface area contributed by atoms with Crippen LogP contribution < -0.4 is 10.1 Å². The van der Waals surface area contributed by atoms with E-state index >= 15 is 0 Å². The summed E-state index contributed by atoms with van der Waals surface area (Å²) in [4.78, 5) is 18.9. The number of nitrogens with zero attached hydrogens (tertiary/aromatic N) is 4. The van der Waals surface area contributed by atoms with Crippen LogP contribution in [0.5, 0.6) is 5.75 Å². The van der Waals surface area contributed by atoms with Crippen molar-refractivity contribution in [3.8, 4) is 27.6 Å². The molecule has 1 N–H and O–H groups in total. The van der Waals surface area contributed by atoms with E-state index in [9.17, 15) is 0 Å². The van der Waals surface area contributed by atoms with E-state index in [4.69, 9.17) is 9.72 Å². The molecule has 0 spiro atoms. The molecule has 4 rings (SSSR count). The van der Waals surface area contributed by atoms with Crippen molar-refractivity contribution >= 4 is 17.3 Å². The molecule has 0 radical (unpaired) electrons. The molecule has 1 aromatic carbocycles. The molecule has 0 aliphatic carbocycles. The van der Waals surface area contributed by atoms with E-state index in [2.05, 4.69) is 32.4 Å². The summed E-state index contributed by atoms with van der Waals surface area (Å²) in [6, 6.07) is 12.1. The van der Waals surface area contributed by atoms with Crippen molar-refractivity contribution < 1.29 is 4.74 Å². The maximum Gasteiger partial charge on any atom is 0.223 e. The van der Waals surface area contributed by atoms with Gasteiger partial charge in [0.1, 0.15) is 5.75 Å². The third-order valence-electron chi connectivity index (χ3n) is 4.24. The maximum absolute atomic E-state index is 5.19. The van der Waals surface area contributed by atoms with Crippen LogP contribution in [-0.2, 0) is 6.42 Å². The van der Waals surface area contributed by atoms with Gasteiger partial charge in [-0.25, -0.2) is 9.97 Å². The average molecular weight is 389 g/mol. The summed E-state index contributed by atoms with van der Waals surface area (Å²) in [6.07, 6.45) is 7.74. The minimum Gasteiger partial charge on any atom is -0.497 e. The fourth-order valence-corrected chi connectivity index (χ4v) is 3.53. The predicted octanol–water partition coefficient (Wildman–Crippen LogP) is 4.33. The molecule has 0 unspecified atom stereocenters. The van der Waals surface area contributed by atoms with Crippen LogP contribution >= 0.6 is 11.3 Å². The first-order valence-electron chi connectivity index (χ1n) is 8.87. The Labute approximate surface area is 167 Å². The minimum atomic E-state index is 0.601. The normalized spacial score (nSPS) is 10.6. The van der Waals surface area contributed by atoms with Crippen LogP contribution in [0.1, 0.15) is 5.56 Å². The Morgan fingerprint density at radius 3 is 2.64 bits per heavy atom. The van der Waals surface area contributed by atoms with Crippen LogP contribution in [0, 0.1) is 0 Å². The van der Waals surface area contributed by atoms with Crippen LogP contribution in [0.2, 0.25) is 0 Å². The lowest BCUT2D eigenvalue weighted by atomic mass is 10.1. The van der Waals surface area contributed by atoms with Crippen molar-refractivity contribution in [1.82, 2.24) is 19.9 Å². The molecular weight excluding hydrogens is 370 g/mol. The van der Waals surface area contributed by atoms with E-state index in [1.807, 2.05) is 35.8 Å². The third-order valence-corrected chi connectivity index (χ3v) is 5.11. The Morgan fingerprint density at radius 2 is 1.93 bits per heavy atom. The number of ether oxygens (including phenoxy) is 1. The van der Waals surface area contributed by atoms with Crippen molar-refractivity contribution in [2.75, 3.05) is 19.0 Å². The van der Waals surface area contributed by atoms with E-state index in [0.29, 0.717) is 5.95 Å². The monoisotopic (exact) mass is 389 g/mol. The van der Waals surface area contributed by atoms with Crippen molar-refractivity contribution in [2.45, 2.75) is 6.42 Å². The fraction of sp³-hybridized carbons (Fsp3) is 0.143. The summed E-state index contributed by atoms with van der Waals surface area (Å²) >= 11 is 1.64. The van der Waals surface area contributed by atoms with Gasteiger partial charge in [-0.3, -0.25) is 9.97 Å². The van der Waals surface area contributed by atoms with Crippen LogP contribution in [-0.4, -0.2) is 33.6 Å². The molecule has 0 saturated heterocycles. The largest absolute Gasteiger partial charge is 0.497 e. The number of thiophene rings is 1. The van der Waals surface area contributed by atoms with Gasteiger partial charge in [0.2, 0.25) is 5.95 Å². The molecule has 140 valence electrons. The van der Waals surface area contributed by atoms with Gasteiger partial charge in [-0.1, -0.05) is 18.2 Å². The molecule has 7 heteroatoms. The van der Waals surface area contributed by atoms with Crippen molar-refractivity contribution in [3.63, 3.8) is 0 Å². The molecule has 3 heterocycles. The zero-order valence-corrected chi connectivity index (χ0v) is 16.2. The van der Waals surface area contributed by atoms with Gasteiger partial charge in [-0.2, -0.15) is 0 Å². The molecule has 0 aliphatic rings. The lowest BCUT2D eigenvalue weighted by Crippen LogP contribution is -2.08. The van der Waals surface area contributed by atoms with Crippen LogP contribution in [0.15, 0.2) is 66.6 Å². The summed E-state index contributed by atoms with van der Waals surface area (Å²) in [5.74, 6) is 1.46. The number of nitrogens with one attached hydrogen (secondary N) is 1. The molecule has 4 aromatic rings. The summed E-state index contributed by atoms with van der Waals surface area (Å²) < 4.78 is 5.19. The molecule has 0 amide bonds. The van der Waals surface area contributed by atoms with Gasteiger partial charge in [0.25, 0.3) is 0 Å². The first-order valence-corrected chi connectivity index (χ1v) is 9.75. The van der Waals surface area contributed by atoms with Crippen molar-refractivity contribution in [1.29, 1.82) is 0 Å². The number of benzene rings is 1. The Hall–Kier alpha value is -3.32. The number of hydrogen-bond acceptors (Lipinski definition) is 7. The highest BCUT2D eigenvalue weighted by Gasteiger charge is 2.13. The summed E-state index contributed by atoms with van der Waals surface area (Å²) in [5, 5.41) is 5.35. The van der Waals surface area contributed by atoms with Crippen LogP contribution in [0.3, 0.4) is 0 Å². The van der Waals surface area contributed by atoms with E-state index in [0.717, 1.165) is 40.5 Å². The maximum atomic E-state index is 5.19.